The standard InChI is InChI=1S/C12H20/c1-11-7-12(8-11,9-11)10-5-3-2-4-6-10/h10H,2-9H2,1H3. The van der Waals surface area contributed by atoms with Crippen molar-refractivity contribution in [3.63, 3.8) is 0 Å². The molecule has 0 aromatic heterocycles. The van der Waals surface area contributed by atoms with Crippen LogP contribution in [-0.4, -0.2) is 0 Å². The van der Waals surface area contributed by atoms with Crippen molar-refractivity contribution in [2.45, 2.75) is 58.3 Å². The van der Waals surface area contributed by atoms with Crippen LogP contribution < -0.4 is 0 Å². The van der Waals surface area contributed by atoms with Crippen LogP contribution in [0.25, 0.3) is 0 Å². The third-order valence-electron chi connectivity index (χ3n) is 4.81. The molecule has 12 heavy (non-hydrogen) atoms. The smallest absolute Gasteiger partial charge is 0.0254 e. The molecule has 68 valence electrons. The van der Waals surface area contributed by atoms with Crippen molar-refractivity contribution in [3.8, 4) is 0 Å². The van der Waals surface area contributed by atoms with Crippen LogP contribution in [0.4, 0.5) is 0 Å². The second kappa shape index (κ2) is 2.08. The highest BCUT2D eigenvalue weighted by atomic mass is 14.7. The lowest BCUT2D eigenvalue weighted by atomic mass is 9.32. The van der Waals surface area contributed by atoms with Gasteiger partial charge in [-0.2, -0.15) is 0 Å². The maximum Gasteiger partial charge on any atom is -0.0254 e. The maximum atomic E-state index is 2.48. The average molecular weight is 164 g/mol. The zero-order chi connectivity index (χ0) is 8.23. The molecule has 0 aromatic carbocycles. The van der Waals surface area contributed by atoms with Crippen molar-refractivity contribution in [1.29, 1.82) is 0 Å². The van der Waals surface area contributed by atoms with Gasteiger partial charge in [0.05, 0.1) is 0 Å². The quantitative estimate of drug-likeness (QED) is 0.553. The van der Waals surface area contributed by atoms with Gasteiger partial charge in [-0.25, -0.2) is 0 Å². The molecule has 0 amide bonds. The molecule has 0 saturated heterocycles. The lowest BCUT2D eigenvalue weighted by Crippen LogP contribution is -2.63. The van der Waals surface area contributed by atoms with Crippen LogP contribution in [0.3, 0.4) is 0 Å². The van der Waals surface area contributed by atoms with Gasteiger partial charge >= 0.3 is 0 Å². The van der Waals surface area contributed by atoms with Crippen LogP contribution in [0.1, 0.15) is 58.3 Å². The van der Waals surface area contributed by atoms with Crippen LogP contribution >= 0.6 is 0 Å². The van der Waals surface area contributed by atoms with Gasteiger partial charge in [0.25, 0.3) is 0 Å². The Bertz CT molecular complexity index is 178. The maximum absolute atomic E-state index is 2.48. The molecule has 0 spiro atoms. The van der Waals surface area contributed by atoms with Gasteiger partial charge in [-0.1, -0.05) is 26.2 Å². The predicted molar refractivity (Wildman–Crippen MR) is 51.0 cm³/mol. The molecular formula is C12H20. The molecule has 0 nitrogen and oxygen atoms in total. The molecule has 0 radical (unpaired) electrons. The minimum absolute atomic E-state index is 0.831. The van der Waals surface area contributed by atoms with Gasteiger partial charge in [0, 0.05) is 0 Å². The van der Waals surface area contributed by atoms with E-state index in [2.05, 4.69) is 6.92 Å². The highest BCUT2D eigenvalue weighted by Gasteiger charge is 2.67. The lowest BCUT2D eigenvalue weighted by molar-refractivity contribution is -0.229. The van der Waals surface area contributed by atoms with Crippen molar-refractivity contribution in [3.05, 3.63) is 0 Å². The number of hydrogen-bond donors (Lipinski definition) is 0. The first-order chi connectivity index (χ1) is 5.73. The first-order valence-corrected chi connectivity index (χ1v) is 5.73. The van der Waals surface area contributed by atoms with Crippen LogP contribution in [0.2, 0.25) is 0 Å². The molecule has 4 rings (SSSR count). The van der Waals surface area contributed by atoms with E-state index in [1.165, 1.54) is 19.3 Å². The molecule has 0 heterocycles. The van der Waals surface area contributed by atoms with Crippen molar-refractivity contribution in [2.75, 3.05) is 0 Å². The third-order valence-corrected chi connectivity index (χ3v) is 4.81. The highest BCUT2D eigenvalue weighted by molar-refractivity contribution is 5.17. The fourth-order valence-corrected chi connectivity index (χ4v) is 4.54. The Morgan fingerprint density at radius 1 is 0.917 bits per heavy atom. The zero-order valence-electron chi connectivity index (χ0n) is 8.23. The topological polar surface area (TPSA) is 0 Å². The monoisotopic (exact) mass is 164 g/mol. The summed E-state index contributed by atoms with van der Waals surface area (Å²) < 4.78 is 0. The summed E-state index contributed by atoms with van der Waals surface area (Å²) >= 11 is 0. The van der Waals surface area contributed by atoms with Gasteiger partial charge in [0.2, 0.25) is 0 Å². The summed E-state index contributed by atoms with van der Waals surface area (Å²) in [6.07, 6.45) is 12.5. The van der Waals surface area contributed by atoms with E-state index in [9.17, 15) is 0 Å². The predicted octanol–water partition coefficient (Wildman–Crippen LogP) is 3.76. The molecule has 0 unspecified atom stereocenters. The molecular weight excluding hydrogens is 144 g/mol. The van der Waals surface area contributed by atoms with Crippen LogP contribution in [0.15, 0.2) is 0 Å². The molecule has 0 atom stereocenters. The molecule has 4 fully saturated rings. The van der Waals surface area contributed by atoms with Gasteiger partial charge in [-0.3, -0.25) is 0 Å². The zero-order valence-corrected chi connectivity index (χ0v) is 8.23. The molecule has 0 aliphatic heterocycles. The Kier molecular flexibility index (Phi) is 1.28. The Labute approximate surface area is 75.7 Å². The van der Waals surface area contributed by atoms with Crippen LogP contribution in [0.5, 0.6) is 0 Å². The van der Waals surface area contributed by atoms with Crippen molar-refractivity contribution >= 4 is 0 Å². The summed E-state index contributed by atoms with van der Waals surface area (Å²) in [4.78, 5) is 0. The molecule has 4 aliphatic carbocycles. The molecule has 2 bridgehead atoms. The van der Waals surface area contributed by atoms with E-state index < -0.39 is 0 Å². The average Bonchev–Trinajstić information content (AvgIpc) is 1.99. The van der Waals surface area contributed by atoms with E-state index in [1.54, 1.807) is 32.1 Å². The summed E-state index contributed by atoms with van der Waals surface area (Å²) in [5.74, 6) is 1.15. The molecule has 0 heteroatoms. The lowest BCUT2D eigenvalue weighted by Gasteiger charge is -2.73. The first-order valence-electron chi connectivity index (χ1n) is 5.73. The minimum atomic E-state index is 0.831. The highest BCUT2D eigenvalue weighted by Crippen LogP contribution is 2.77. The van der Waals surface area contributed by atoms with Gasteiger partial charge in [0.15, 0.2) is 0 Å². The van der Waals surface area contributed by atoms with Gasteiger partial charge in [-0.15, -0.1) is 0 Å². The van der Waals surface area contributed by atoms with Crippen molar-refractivity contribution in [2.24, 2.45) is 16.7 Å². The third kappa shape index (κ3) is 0.791. The van der Waals surface area contributed by atoms with E-state index in [4.69, 9.17) is 0 Å². The van der Waals surface area contributed by atoms with Gasteiger partial charge < -0.3 is 0 Å². The van der Waals surface area contributed by atoms with Crippen LogP contribution in [0, 0.1) is 16.7 Å². The van der Waals surface area contributed by atoms with E-state index in [0.29, 0.717) is 0 Å². The van der Waals surface area contributed by atoms with Crippen molar-refractivity contribution < 1.29 is 0 Å². The summed E-state index contributed by atoms with van der Waals surface area (Å²) in [5, 5.41) is 0. The largest absolute Gasteiger partial charge is 0.0596 e. The van der Waals surface area contributed by atoms with Crippen molar-refractivity contribution in [1.82, 2.24) is 0 Å². The summed E-state index contributed by atoms with van der Waals surface area (Å²) in [6, 6.07) is 0. The summed E-state index contributed by atoms with van der Waals surface area (Å²) in [5.41, 5.74) is 1.73. The molecule has 0 N–H and O–H groups in total. The normalized spacial score (nSPS) is 52.8. The van der Waals surface area contributed by atoms with E-state index in [1.807, 2.05) is 0 Å². The van der Waals surface area contributed by atoms with Gasteiger partial charge in [0.1, 0.15) is 0 Å². The minimum Gasteiger partial charge on any atom is -0.0596 e. The molecule has 4 saturated carbocycles. The summed E-state index contributed by atoms with van der Waals surface area (Å²) in [7, 11) is 0. The molecule has 0 aromatic rings. The van der Waals surface area contributed by atoms with E-state index >= 15 is 0 Å². The SMILES string of the molecule is CC12CC(C3CCCCC3)(C1)C2. The van der Waals surface area contributed by atoms with E-state index in [-0.39, 0.29) is 0 Å². The van der Waals surface area contributed by atoms with Gasteiger partial charge in [-0.05, 0) is 48.9 Å². The Morgan fingerprint density at radius 2 is 1.50 bits per heavy atom. The fraction of sp³-hybridized carbons (Fsp3) is 1.00. The Morgan fingerprint density at radius 3 is 2.00 bits per heavy atom. The Hall–Kier alpha value is 0. The number of rotatable bonds is 1. The Balaban J connectivity index is 1.67. The number of hydrogen-bond acceptors (Lipinski definition) is 0. The second-order valence-electron chi connectivity index (χ2n) is 6.04. The van der Waals surface area contributed by atoms with E-state index in [0.717, 1.165) is 16.7 Å². The molecule has 4 aliphatic rings. The first kappa shape index (κ1) is 7.41. The fourth-order valence-electron chi connectivity index (χ4n) is 4.54. The van der Waals surface area contributed by atoms with Crippen LogP contribution in [-0.2, 0) is 0 Å². The second-order valence-corrected chi connectivity index (χ2v) is 6.04. The summed E-state index contributed by atoms with van der Waals surface area (Å²) in [6.45, 7) is 2.48.